The largest absolute Gasteiger partial charge is 0.287 e. The highest BCUT2D eigenvalue weighted by atomic mass is 79.9. The van der Waals surface area contributed by atoms with Crippen LogP contribution in [-0.2, 0) is 4.79 Å². The fourth-order valence-electron chi connectivity index (χ4n) is 1.45. The van der Waals surface area contributed by atoms with E-state index in [4.69, 9.17) is 11.6 Å². The first kappa shape index (κ1) is 16.7. The monoisotopic (exact) mass is 366 g/mol. The number of halogens is 3. The fraction of sp³-hybridized carbons (Fsp3) is 0.385. The topological polar surface area (TPSA) is 34.1 Å². The number of hydrogen-bond acceptors (Lipinski definition) is 3. The molecule has 2 nitrogen and oxygen atoms in total. The van der Waals surface area contributed by atoms with Crippen molar-refractivity contribution >= 4 is 49.7 Å². The van der Waals surface area contributed by atoms with Crippen LogP contribution in [0.1, 0.15) is 43.0 Å². The van der Waals surface area contributed by atoms with Gasteiger partial charge in [-0.2, -0.15) is 0 Å². The zero-order valence-corrected chi connectivity index (χ0v) is 13.5. The molecule has 0 N–H and O–H groups in total. The molecule has 0 aliphatic carbocycles. The summed E-state index contributed by atoms with van der Waals surface area (Å²) in [5.74, 6) is -0.699. The predicted octanol–water partition coefficient (Wildman–Crippen LogP) is 5.17. The average Bonchev–Trinajstić information content (AvgIpc) is 2.32. The Bertz CT molecular complexity index is 494. The Hall–Kier alpha value is -0.390. The van der Waals surface area contributed by atoms with Crippen molar-refractivity contribution in [1.82, 2.24) is 0 Å². The number of hydrogen-bond donors (Lipinski definition) is 0. The number of carbonyl (C=O) groups is 2. The third-order valence-electron chi connectivity index (χ3n) is 2.44. The number of unbranched alkanes of at least 4 members (excludes halogenated alkanes) is 2. The number of thioether (sulfide) groups is 1. The number of carbonyl (C=O) groups excluding carboxylic acids is 2. The van der Waals surface area contributed by atoms with Crippen LogP contribution in [0.25, 0.3) is 0 Å². The van der Waals surface area contributed by atoms with Gasteiger partial charge >= 0.3 is 0 Å². The Morgan fingerprint density at radius 2 is 2.05 bits per heavy atom. The van der Waals surface area contributed by atoms with E-state index >= 15 is 0 Å². The van der Waals surface area contributed by atoms with Crippen molar-refractivity contribution in [3.63, 3.8) is 0 Å². The second-order valence-electron chi connectivity index (χ2n) is 3.97. The predicted molar refractivity (Wildman–Crippen MR) is 79.3 cm³/mol. The lowest BCUT2D eigenvalue weighted by atomic mass is 10.2. The van der Waals surface area contributed by atoms with Gasteiger partial charge in [-0.1, -0.05) is 31.5 Å². The van der Waals surface area contributed by atoms with Crippen molar-refractivity contribution in [2.45, 2.75) is 37.5 Å². The van der Waals surface area contributed by atoms with Gasteiger partial charge in [0.05, 0.1) is 5.56 Å². The molecule has 0 saturated heterocycles. The van der Waals surface area contributed by atoms with Crippen molar-refractivity contribution in [3.05, 3.63) is 28.0 Å². The molecule has 0 saturated carbocycles. The summed E-state index contributed by atoms with van der Waals surface area (Å²) in [5.41, 5.74) is -0.214. The average molecular weight is 368 g/mol. The summed E-state index contributed by atoms with van der Waals surface area (Å²) >= 11 is 9.45. The minimum absolute atomic E-state index is 0.00581. The first-order valence-electron chi connectivity index (χ1n) is 5.85. The SMILES string of the molecule is CCCCCC(=O)Sc1cc(C(=O)Cl)c(F)cc1Br. The summed E-state index contributed by atoms with van der Waals surface area (Å²) in [6.07, 6.45) is 3.35. The van der Waals surface area contributed by atoms with Crippen LogP contribution in [0, 0.1) is 5.82 Å². The molecule has 104 valence electrons. The van der Waals surface area contributed by atoms with Crippen LogP contribution in [-0.4, -0.2) is 10.4 Å². The molecular formula is C13H13BrClFO2S. The smallest absolute Gasteiger partial charge is 0.255 e. The standard InChI is InChI=1S/C13H13BrClFO2S/c1-2-3-4-5-12(17)19-11-6-8(13(15)18)10(16)7-9(11)14/h6-7H,2-5H2,1H3. The highest BCUT2D eigenvalue weighted by Crippen LogP contribution is 2.32. The lowest BCUT2D eigenvalue weighted by Crippen LogP contribution is -1.98. The van der Waals surface area contributed by atoms with Crippen LogP contribution < -0.4 is 0 Å². The van der Waals surface area contributed by atoms with E-state index < -0.39 is 11.1 Å². The van der Waals surface area contributed by atoms with Crippen LogP contribution in [0.3, 0.4) is 0 Å². The van der Waals surface area contributed by atoms with Gasteiger partial charge in [0.2, 0.25) is 0 Å². The molecule has 0 atom stereocenters. The van der Waals surface area contributed by atoms with Gasteiger partial charge in [0, 0.05) is 15.8 Å². The number of rotatable bonds is 6. The highest BCUT2D eigenvalue weighted by molar-refractivity contribution is 9.10. The molecule has 0 unspecified atom stereocenters. The summed E-state index contributed by atoms with van der Waals surface area (Å²) in [6.45, 7) is 2.06. The zero-order valence-electron chi connectivity index (χ0n) is 10.3. The fourth-order valence-corrected chi connectivity index (χ4v) is 2.98. The van der Waals surface area contributed by atoms with Gasteiger partial charge in [-0.25, -0.2) is 4.39 Å². The Labute approximate surface area is 129 Å². The third-order valence-corrected chi connectivity index (χ3v) is 4.55. The Morgan fingerprint density at radius 3 is 2.63 bits per heavy atom. The van der Waals surface area contributed by atoms with Crippen molar-refractivity contribution in [3.8, 4) is 0 Å². The van der Waals surface area contributed by atoms with Crippen LogP contribution in [0.5, 0.6) is 0 Å². The third kappa shape index (κ3) is 5.24. The van der Waals surface area contributed by atoms with Gasteiger partial charge in [0.1, 0.15) is 5.82 Å². The van der Waals surface area contributed by atoms with E-state index in [-0.39, 0.29) is 10.7 Å². The summed E-state index contributed by atoms with van der Waals surface area (Å²) in [5, 5.41) is -0.876. The quantitative estimate of drug-likeness (QED) is 0.395. The first-order chi connectivity index (χ1) is 8.95. The second-order valence-corrected chi connectivity index (χ2v) is 6.26. The summed E-state index contributed by atoms with van der Waals surface area (Å²) < 4.78 is 13.9. The van der Waals surface area contributed by atoms with Gasteiger partial charge in [0.15, 0.2) is 5.12 Å². The van der Waals surface area contributed by atoms with E-state index in [2.05, 4.69) is 22.9 Å². The summed E-state index contributed by atoms with van der Waals surface area (Å²) in [4.78, 5) is 23.3. The lowest BCUT2D eigenvalue weighted by molar-refractivity contribution is -0.111. The van der Waals surface area contributed by atoms with Gasteiger partial charge in [-0.15, -0.1) is 0 Å². The van der Waals surface area contributed by atoms with Crippen molar-refractivity contribution < 1.29 is 14.0 Å². The van der Waals surface area contributed by atoms with Gasteiger partial charge in [-0.3, -0.25) is 9.59 Å². The molecule has 0 heterocycles. The number of benzene rings is 1. The maximum Gasteiger partial charge on any atom is 0.255 e. The van der Waals surface area contributed by atoms with E-state index in [0.29, 0.717) is 15.8 Å². The molecular weight excluding hydrogens is 355 g/mol. The van der Waals surface area contributed by atoms with Crippen LogP contribution in [0.2, 0.25) is 0 Å². The van der Waals surface area contributed by atoms with E-state index in [1.807, 2.05) is 0 Å². The van der Waals surface area contributed by atoms with E-state index in [1.54, 1.807) is 0 Å². The molecule has 0 fully saturated rings. The molecule has 0 bridgehead atoms. The molecule has 0 radical (unpaired) electrons. The molecule has 0 amide bonds. The normalized spacial score (nSPS) is 10.5. The molecule has 0 aliphatic rings. The molecule has 19 heavy (non-hydrogen) atoms. The summed E-state index contributed by atoms with van der Waals surface area (Å²) in [7, 11) is 0. The van der Waals surface area contributed by atoms with Crippen LogP contribution >= 0.6 is 39.3 Å². The van der Waals surface area contributed by atoms with Crippen LogP contribution in [0.4, 0.5) is 4.39 Å². The molecule has 0 aliphatic heterocycles. The first-order valence-corrected chi connectivity index (χ1v) is 7.84. The van der Waals surface area contributed by atoms with E-state index in [1.165, 1.54) is 6.07 Å². The molecule has 6 heteroatoms. The Balaban J connectivity index is 2.80. The molecule has 1 aromatic rings. The van der Waals surface area contributed by atoms with E-state index in [9.17, 15) is 14.0 Å². The molecule has 0 spiro atoms. The van der Waals surface area contributed by atoms with Gasteiger partial charge in [-0.05, 0) is 46.1 Å². The second kappa shape index (κ2) is 8.02. The maximum absolute atomic E-state index is 13.4. The van der Waals surface area contributed by atoms with Gasteiger partial charge in [0.25, 0.3) is 5.24 Å². The van der Waals surface area contributed by atoms with Gasteiger partial charge < -0.3 is 0 Å². The molecule has 1 rings (SSSR count). The van der Waals surface area contributed by atoms with Crippen molar-refractivity contribution in [2.24, 2.45) is 0 Å². The highest BCUT2D eigenvalue weighted by Gasteiger charge is 2.15. The Morgan fingerprint density at radius 1 is 1.37 bits per heavy atom. The van der Waals surface area contributed by atoms with Crippen LogP contribution in [0.15, 0.2) is 21.5 Å². The minimum Gasteiger partial charge on any atom is -0.287 e. The van der Waals surface area contributed by atoms with Crippen molar-refractivity contribution in [1.29, 1.82) is 0 Å². The maximum atomic E-state index is 13.4. The summed E-state index contributed by atoms with van der Waals surface area (Å²) in [6, 6.07) is 2.45. The van der Waals surface area contributed by atoms with E-state index in [0.717, 1.165) is 37.1 Å². The van der Waals surface area contributed by atoms with Crippen molar-refractivity contribution in [2.75, 3.05) is 0 Å². The lowest BCUT2D eigenvalue weighted by Gasteiger charge is -2.06. The molecule has 1 aromatic carbocycles. The molecule has 0 aromatic heterocycles. The zero-order chi connectivity index (χ0) is 14.4. The Kier molecular flexibility index (Phi) is 7.04. The minimum atomic E-state index is -0.870.